The van der Waals surface area contributed by atoms with Crippen LogP contribution in [0.1, 0.15) is 125 Å². The van der Waals surface area contributed by atoms with Crippen LogP contribution in [-0.4, -0.2) is 0 Å². The van der Waals surface area contributed by atoms with Gasteiger partial charge in [0, 0.05) is 0 Å². The molecule has 4 fully saturated rings. The smallest absolute Gasteiger partial charge is 0.0266 e. The fourth-order valence-corrected chi connectivity index (χ4v) is 8.85. The minimum absolute atomic E-state index is 0.694. The van der Waals surface area contributed by atoms with E-state index in [9.17, 15) is 0 Å². The van der Waals surface area contributed by atoms with Gasteiger partial charge < -0.3 is 0 Å². The first-order valence-electron chi connectivity index (χ1n) is 13.0. The highest BCUT2D eigenvalue weighted by Gasteiger charge is 2.58. The van der Waals surface area contributed by atoms with Crippen molar-refractivity contribution in [3.63, 3.8) is 0 Å². The van der Waals surface area contributed by atoms with Gasteiger partial charge in [-0.1, -0.05) is 67.2 Å². The van der Waals surface area contributed by atoms with E-state index in [1.807, 2.05) is 13.8 Å². The molecule has 158 valence electrons. The standard InChI is InChI=1S/C25H44.C2H6/c1-5-8-19-9-7-10-22-21-12-11-20-17-18(6-2)13-15-25(20,4)23(21)14-16-24(19,22)3;1-2/h18-23H,5-17H2,1-4H3;1-2H3/t18-,19+,20-,21?,22?,23?,24-,25+;/m1./s1. The molecule has 0 aromatic heterocycles. The highest BCUT2D eigenvalue weighted by Crippen LogP contribution is 2.67. The normalized spacial score (nSPS) is 49.1. The second-order valence-electron chi connectivity index (χ2n) is 11.2. The molecule has 0 heteroatoms. The van der Waals surface area contributed by atoms with Crippen molar-refractivity contribution in [2.75, 3.05) is 0 Å². The van der Waals surface area contributed by atoms with Crippen LogP contribution < -0.4 is 0 Å². The summed E-state index contributed by atoms with van der Waals surface area (Å²) in [5.41, 5.74) is 1.40. The first-order valence-corrected chi connectivity index (χ1v) is 13.0. The summed E-state index contributed by atoms with van der Waals surface area (Å²) in [6.45, 7) is 14.3. The van der Waals surface area contributed by atoms with Crippen molar-refractivity contribution in [2.45, 2.75) is 125 Å². The van der Waals surface area contributed by atoms with Gasteiger partial charge in [-0.3, -0.25) is 0 Å². The molecular weight excluding hydrogens is 324 g/mol. The summed E-state index contributed by atoms with van der Waals surface area (Å²) in [5, 5.41) is 0. The molecule has 0 radical (unpaired) electrons. The first kappa shape index (κ1) is 21.7. The molecule has 0 aromatic rings. The van der Waals surface area contributed by atoms with Gasteiger partial charge in [-0.05, 0) is 104 Å². The lowest BCUT2D eigenvalue weighted by molar-refractivity contribution is -0.146. The molecule has 0 aromatic carbocycles. The third-order valence-corrected chi connectivity index (χ3v) is 10.4. The minimum atomic E-state index is 0.694. The fraction of sp³-hybridized carbons (Fsp3) is 1.00. The Hall–Kier alpha value is 0. The summed E-state index contributed by atoms with van der Waals surface area (Å²) in [6.07, 6.45) is 19.9. The minimum Gasteiger partial charge on any atom is -0.0683 e. The summed E-state index contributed by atoms with van der Waals surface area (Å²) < 4.78 is 0. The van der Waals surface area contributed by atoms with Crippen LogP contribution in [0.25, 0.3) is 0 Å². The lowest BCUT2D eigenvalue weighted by Crippen LogP contribution is -2.56. The number of hydrogen-bond donors (Lipinski definition) is 0. The quantitative estimate of drug-likeness (QED) is 0.462. The highest BCUT2D eigenvalue weighted by molar-refractivity contribution is 5.07. The average molecular weight is 375 g/mol. The molecule has 0 amide bonds. The topological polar surface area (TPSA) is 0 Å². The highest BCUT2D eigenvalue weighted by atomic mass is 14.6. The van der Waals surface area contributed by atoms with Crippen molar-refractivity contribution in [1.29, 1.82) is 0 Å². The van der Waals surface area contributed by atoms with Crippen LogP contribution >= 0.6 is 0 Å². The molecule has 0 bridgehead atoms. The molecule has 27 heavy (non-hydrogen) atoms. The van der Waals surface area contributed by atoms with Crippen LogP contribution in [0, 0.1) is 46.3 Å². The van der Waals surface area contributed by atoms with Crippen LogP contribution in [0.4, 0.5) is 0 Å². The largest absolute Gasteiger partial charge is 0.0683 e. The van der Waals surface area contributed by atoms with E-state index in [2.05, 4.69) is 27.7 Å². The van der Waals surface area contributed by atoms with Gasteiger partial charge in [0.1, 0.15) is 0 Å². The Morgan fingerprint density at radius 2 is 1.48 bits per heavy atom. The molecule has 8 atom stereocenters. The molecule has 0 spiro atoms. The molecule has 0 heterocycles. The second kappa shape index (κ2) is 8.79. The van der Waals surface area contributed by atoms with Crippen molar-refractivity contribution < 1.29 is 0 Å². The molecule has 0 saturated heterocycles. The molecule has 0 nitrogen and oxygen atoms in total. The van der Waals surface area contributed by atoms with Crippen molar-refractivity contribution in [3.8, 4) is 0 Å². The summed E-state index contributed by atoms with van der Waals surface area (Å²) in [6, 6.07) is 0. The summed E-state index contributed by atoms with van der Waals surface area (Å²) >= 11 is 0. The lowest BCUT2D eigenvalue weighted by Gasteiger charge is -2.64. The van der Waals surface area contributed by atoms with Crippen molar-refractivity contribution in [2.24, 2.45) is 46.3 Å². The van der Waals surface area contributed by atoms with Gasteiger partial charge in [-0.2, -0.15) is 0 Å². The van der Waals surface area contributed by atoms with Crippen molar-refractivity contribution in [1.82, 2.24) is 0 Å². The van der Waals surface area contributed by atoms with E-state index >= 15 is 0 Å². The van der Waals surface area contributed by atoms with E-state index < -0.39 is 0 Å². The lowest BCUT2D eigenvalue weighted by atomic mass is 9.41. The Balaban J connectivity index is 0.00000102. The third kappa shape index (κ3) is 3.66. The van der Waals surface area contributed by atoms with E-state index in [1.54, 1.807) is 44.9 Å². The average Bonchev–Trinajstić information content (AvgIpc) is 2.69. The Morgan fingerprint density at radius 3 is 2.19 bits per heavy atom. The number of rotatable bonds is 3. The van der Waals surface area contributed by atoms with Gasteiger partial charge in [-0.25, -0.2) is 0 Å². The van der Waals surface area contributed by atoms with E-state index in [-0.39, 0.29) is 0 Å². The maximum atomic E-state index is 2.75. The molecule has 3 unspecified atom stereocenters. The zero-order chi connectivity index (χ0) is 19.7. The van der Waals surface area contributed by atoms with E-state index in [4.69, 9.17) is 0 Å². The monoisotopic (exact) mass is 374 g/mol. The molecule has 0 aliphatic heterocycles. The summed E-state index contributed by atoms with van der Waals surface area (Å²) in [5.74, 6) is 6.37. The third-order valence-electron chi connectivity index (χ3n) is 10.4. The van der Waals surface area contributed by atoms with Gasteiger partial charge in [0.2, 0.25) is 0 Å². The molecule has 4 aliphatic rings. The van der Waals surface area contributed by atoms with Gasteiger partial charge in [0.05, 0.1) is 0 Å². The maximum Gasteiger partial charge on any atom is -0.0266 e. The van der Waals surface area contributed by atoms with Crippen LogP contribution in [0.2, 0.25) is 0 Å². The zero-order valence-corrected chi connectivity index (χ0v) is 19.7. The fourth-order valence-electron chi connectivity index (χ4n) is 8.85. The summed E-state index contributed by atoms with van der Waals surface area (Å²) in [7, 11) is 0. The zero-order valence-electron chi connectivity index (χ0n) is 19.7. The van der Waals surface area contributed by atoms with Crippen LogP contribution in [-0.2, 0) is 0 Å². The van der Waals surface area contributed by atoms with E-state index in [0.29, 0.717) is 10.8 Å². The Morgan fingerprint density at radius 1 is 0.778 bits per heavy atom. The van der Waals surface area contributed by atoms with Crippen molar-refractivity contribution >= 4 is 0 Å². The van der Waals surface area contributed by atoms with Gasteiger partial charge in [-0.15, -0.1) is 0 Å². The van der Waals surface area contributed by atoms with E-state index in [1.165, 1.54) is 38.5 Å². The maximum absolute atomic E-state index is 2.75. The summed E-state index contributed by atoms with van der Waals surface area (Å²) in [4.78, 5) is 0. The molecular formula is C27H50. The second-order valence-corrected chi connectivity index (χ2v) is 11.2. The molecule has 4 aliphatic carbocycles. The molecule has 4 rings (SSSR count). The van der Waals surface area contributed by atoms with Crippen LogP contribution in [0.5, 0.6) is 0 Å². The van der Waals surface area contributed by atoms with Gasteiger partial charge in [0.25, 0.3) is 0 Å². The van der Waals surface area contributed by atoms with Crippen LogP contribution in [0.15, 0.2) is 0 Å². The predicted octanol–water partition coefficient (Wildman–Crippen LogP) is 8.89. The molecule has 0 N–H and O–H groups in total. The number of fused-ring (bicyclic) bond motifs is 5. The Kier molecular flexibility index (Phi) is 7.06. The first-order chi connectivity index (χ1) is 13.0. The Bertz CT molecular complexity index is 465. The van der Waals surface area contributed by atoms with Gasteiger partial charge >= 0.3 is 0 Å². The van der Waals surface area contributed by atoms with Crippen molar-refractivity contribution in [3.05, 3.63) is 0 Å². The SMILES string of the molecule is CC.CCC[C@H]1CCCC2C3CC[C@@H]4C[C@H](CC)CC[C@]4(C)C3CC[C@@]21C. The Labute approximate surface area is 171 Å². The predicted molar refractivity (Wildman–Crippen MR) is 120 cm³/mol. The van der Waals surface area contributed by atoms with Crippen LogP contribution in [0.3, 0.4) is 0 Å². The van der Waals surface area contributed by atoms with Gasteiger partial charge in [0.15, 0.2) is 0 Å². The van der Waals surface area contributed by atoms with E-state index in [0.717, 1.165) is 35.5 Å². The molecule has 4 saturated carbocycles. The number of hydrogen-bond acceptors (Lipinski definition) is 0.